The van der Waals surface area contributed by atoms with Crippen LogP contribution in [0.15, 0.2) is 24.3 Å². The number of rotatable bonds is 8. The summed E-state index contributed by atoms with van der Waals surface area (Å²) in [6.45, 7) is 2.62. The largest absolute Gasteiger partial charge is 0.435 e. The van der Waals surface area contributed by atoms with Crippen LogP contribution in [0.3, 0.4) is 0 Å². The first kappa shape index (κ1) is 15.2. The molecule has 0 amide bonds. The zero-order chi connectivity index (χ0) is 14.2. The van der Waals surface area contributed by atoms with Gasteiger partial charge in [-0.2, -0.15) is 8.78 Å². The highest BCUT2D eigenvalue weighted by Gasteiger charge is 2.09. The zero-order valence-electron chi connectivity index (χ0n) is 11.7. The fourth-order valence-electron chi connectivity index (χ4n) is 2.46. The third-order valence-electron chi connectivity index (χ3n) is 3.50. The maximum Gasteiger partial charge on any atom is 0.387 e. The van der Waals surface area contributed by atoms with E-state index in [-0.39, 0.29) is 5.75 Å². The summed E-state index contributed by atoms with van der Waals surface area (Å²) in [6, 6.07) is 6.77. The SMILES string of the molecule is FC(F)Oc1ccc(CNCCCN2CCCC2)cc1. The van der Waals surface area contributed by atoms with E-state index in [0.29, 0.717) is 0 Å². The summed E-state index contributed by atoms with van der Waals surface area (Å²) in [5, 5.41) is 3.37. The van der Waals surface area contributed by atoms with Gasteiger partial charge in [0, 0.05) is 6.54 Å². The highest BCUT2D eigenvalue weighted by atomic mass is 19.3. The fraction of sp³-hybridized carbons (Fsp3) is 0.600. The van der Waals surface area contributed by atoms with E-state index < -0.39 is 6.61 Å². The predicted molar refractivity (Wildman–Crippen MR) is 75.1 cm³/mol. The Bertz CT molecular complexity index is 378. The molecule has 20 heavy (non-hydrogen) atoms. The molecule has 0 saturated carbocycles. The van der Waals surface area contributed by atoms with Gasteiger partial charge in [0.05, 0.1) is 0 Å². The monoisotopic (exact) mass is 284 g/mol. The Hall–Kier alpha value is -1.20. The maximum absolute atomic E-state index is 12.0. The van der Waals surface area contributed by atoms with Gasteiger partial charge in [-0.25, -0.2) is 0 Å². The molecular weight excluding hydrogens is 262 g/mol. The molecule has 0 unspecified atom stereocenters. The molecule has 3 nitrogen and oxygen atoms in total. The van der Waals surface area contributed by atoms with Crippen molar-refractivity contribution in [3.63, 3.8) is 0 Å². The Kier molecular flexibility index (Phi) is 6.21. The lowest BCUT2D eigenvalue weighted by molar-refractivity contribution is -0.0498. The summed E-state index contributed by atoms with van der Waals surface area (Å²) < 4.78 is 28.3. The molecule has 0 radical (unpaired) electrons. The first-order valence-corrected chi connectivity index (χ1v) is 7.21. The number of nitrogens with one attached hydrogen (secondary N) is 1. The second kappa shape index (κ2) is 8.17. The summed E-state index contributed by atoms with van der Waals surface area (Å²) in [5.41, 5.74) is 1.08. The standard InChI is InChI=1S/C15H22F2N2O/c16-15(17)20-14-6-4-13(5-7-14)12-18-8-3-11-19-9-1-2-10-19/h4-7,15,18H,1-3,8-12H2. The van der Waals surface area contributed by atoms with Crippen LogP contribution in [0, 0.1) is 0 Å². The Morgan fingerprint density at radius 1 is 1.15 bits per heavy atom. The van der Waals surface area contributed by atoms with Crippen molar-refractivity contribution in [2.24, 2.45) is 0 Å². The summed E-state index contributed by atoms with van der Waals surface area (Å²) >= 11 is 0. The molecule has 0 aliphatic carbocycles. The number of nitrogens with zero attached hydrogens (tertiary/aromatic N) is 1. The first-order chi connectivity index (χ1) is 9.74. The third-order valence-corrected chi connectivity index (χ3v) is 3.50. The molecule has 1 N–H and O–H groups in total. The van der Waals surface area contributed by atoms with Crippen LogP contribution in [-0.4, -0.2) is 37.7 Å². The van der Waals surface area contributed by atoms with E-state index in [1.807, 2.05) is 12.1 Å². The smallest absolute Gasteiger partial charge is 0.387 e. The number of benzene rings is 1. The van der Waals surface area contributed by atoms with Gasteiger partial charge in [-0.15, -0.1) is 0 Å². The number of hydrogen-bond acceptors (Lipinski definition) is 3. The number of halogens is 2. The average molecular weight is 284 g/mol. The van der Waals surface area contributed by atoms with Crippen LogP contribution >= 0.6 is 0 Å². The summed E-state index contributed by atoms with van der Waals surface area (Å²) in [7, 11) is 0. The fourth-order valence-corrected chi connectivity index (χ4v) is 2.46. The van der Waals surface area contributed by atoms with Crippen LogP contribution in [0.5, 0.6) is 5.75 Å². The Morgan fingerprint density at radius 3 is 2.50 bits per heavy atom. The molecule has 5 heteroatoms. The Labute approximate surface area is 118 Å². The number of alkyl halides is 2. The second-order valence-electron chi connectivity index (χ2n) is 5.10. The van der Waals surface area contributed by atoms with Crippen LogP contribution in [0.1, 0.15) is 24.8 Å². The second-order valence-corrected chi connectivity index (χ2v) is 5.10. The third kappa shape index (κ3) is 5.43. The average Bonchev–Trinajstić information content (AvgIpc) is 2.93. The normalized spacial score (nSPS) is 15.9. The van der Waals surface area contributed by atoms with Crippen LogP contribution < -0.4 is 10.1 Å². The molecule has 1 aromatic rings. The van der Waals surface area contributed by atoms with Crippen molar-refractivity contribution in [2.45, 2.75) is 32.4 Å². The molecule has 1 aliphatic heterocycles. The molecule has 1 aromatic carbocycles. The first-order valence-electron chi connectivity index (χ1n) is 7.21. The van der Waals surface area contributed by atoms with E-state index in [9.17, 15) is 8.78 Å². The van der Waals surface area contributed by atoms with Gasteiger partial charge in [-0.1, -0.05) is 12.1 Å². The van der Waals surface area contributed by atoms with Crippen LogP contribution in [0.4, 0.5) is 8.78 Å². The van der Waals surface area contributed by atoms with E-state index in [1.54, 1.807) is 12.1 Å². The number of likely N-dealkylation sites (tertiary alicyclic amines) is 1. The van der Waals surface area contributed by atoms with Crippen molar-refractivity contribution in [3.8, 4) is 5.75 Å². The molecule has 2 rings (SSSR count). The van der Waals surface area contributed by atoms with Crippen LogP contribution in [0.2, 0.25) is 0 Å². The van der Waals surface area contributed by atoms with Gasteiger partial charge in [0.25, 0.3) is 0 Å². The van der Waals surface area contributed by atoms with Gasteiger partial charge >= 0.3 is 6.61 Å². The van der Waals surface area contributed by atoms with E-state index in [2.05, 4.69) is 15.0 Å². The minimum atomic E-state index is -2.76. The minimum absolute atomic E-state index is 0.206. The molecular formula is C15H22F2N2O. The highest BCUT2D eigenvalue weighted by Crippen LogP contribution is 2.14. The van der Waals surface area contributed by atoms with E-state index in [1.165, 1.54) is 25.9 Å². The maximum atomic E-state index is 12.0. The molecule has 1 saturated heterocycles. The Morgan fingerprint density at radius 2 is 1.85 bits per heavy atom. The molecule has 0 atom stereocenters. The molecule has 0 spiro atoms. The van der Waals surface area contributed by atoms with E-state index in [4.69, 9.17) is 0 Å². The summed E-state index contributed by atoms with van der Waals surface area (Å²) in [4.78, 5) is 2.50. The van der Waals surface area contributed by atoms with Gasteiger partial charge in [0.15, 0.2) is 0 Å². The lowest BCUT2D eigenvalue weighted by Crippen LogP contribution is -2.24. The lowest BCUT2D eigenvalue weighted by atomic mass is 10.2. The minimum Gasteiger partial charge on any atom is -0.435 e. The van der Waals surface area contributed by atoms with Crippen molar-refractivity contribution in [2.75, 3.05) is 26.2 Å². The van der Waals surface area contributed by atoms with Gasteiger partial charge in [0.1, 0.15) is 5.75 Å². The van der Waals surface area contributed by atoms with Crippen molar-refractivity contribution >= 4 is 0 Å². The number of ether oxygens (including phenoxy) is 1. The lowest BCUT2D eigenvalue weighted by Gasteiger charge is -2.14. The highest BCUT2D eigenvalue weighted by molar-refractivity contribution is 5.27. The molecule has 1 heterocycles. The Balaban J connectivity index is 1.58. The van der Waals surface area contributed by atoms with Crippen LogP contribution in [-0.2, 0) is 6.54 Å². The van der Waals surface area contributed by atoms with Gasteiger partial charge < -0.3 is 15.0 Å². The topological polar surface area (TPSA) is 24.5 Å². The van der Waals surface area contributed by atoms with Crippen molar-refractivity contribution in [1.29, 1.82) is 0 Å². The molecule has 0 bridgehead atoms. The van der Waals surface area contributed by atoms with Crippen molar-refractivity contribution < 1.29 is 13.5 Å². The predicted octanol–water partition coefficient (Wildman–Crippen LogP) is 2.86. The van der Waals surface area contributed by atoms with Gasteiger partial charge in [-0.3, -0.25) is 0 Å². The van der Waals surface area contributed by atoms with Gasteiger partial charge in [0.2, 0.25) is 0 Å². The molecule has 1 aliphatic rings. The van der Waals surface area contributed by atoms with E-state index >= 15 is 0 Å². The zero-order valence-corrected chi connectivity index (χ0v) is 11.7. The molecule has 1 fully saturated rings. The number of hydrogen-bond donors (Lipinski definition) is 1. The summed E-state index contributed by atoms with van der Waals surface area (Å²) in [5.74, 6) is 0.206. The van der Waals surface area contributed by atoms with Crippen molar-refractivity contribution in [1.82, 2.24) is 10.2 Å². The van der Waals surface area contributed by atoms with Gasteiger partial charge in [-0.05, 0) is 63.1 Å². The quantitative estimate of drug-likeness (QED) is 0.743. The molecule has 0 aromatic heterocycles. The van der Waals surface area contributed by atoms with Crippen molar-refractivity contribution in [3.05, 3.63) is 29.8 Å². The summed E-state index contributed by atoms with van der Waals surface area (Å²) in [6.07, 6.45) is 3.81. The van der Waals surface area contributed by atoms with Crippen LogP contribution in [0.25, 0.3) is 0 Å². The van der Waals surface area contributed by atoms with E-state index in [0.717, 1.165) is 31.6 Å². The molecule has 112 valence electrons.